The summed E-state index contributed by atoms with van der Waals surface area (Å²) >= 11 is 0. The van der Waals surface area contributed by atoms with Crippen molar-refractivity contribution in [1.82, 2.24) is 19.9 Å². The molecule has 0 bridgehead atoms. The molecule has 7 nitrogen and oxygen atoms in total. The number of amides is 1. The molecule has 0 aliphatic rings. The van der Waals surface area contributed by atoms with Crippen LogP contribution in [0.3, 0.4) is 0 Å². The van der Waals surface area contributed by atoms with Gasteiger partial charge in [0.1, 0.15) is 5.75 Å². The average molecular weight is 450 g/mol. The highest BCUT2D eigenvalue weighted by atomic mass is 16.5. The summed E-state index contributed by atoms with van der Waals surface area (Å²) in [6.07, 6.45) is 0. The van der Waals surface area contributed by atoms with Gasteiger partial charge in [-0.1, -0.05) is 48.5 Å². The SMILES string of the molecule is COc1ccc(CNC(=O)c2ccc(-c3cccc4nc(Nc5ccccc5)nn34)cc2)cc1. The molecule has 2 N–H and O–H groups in total. The van der Waals surface area contributed by atoms with E-state index in [4.69, 9.17) is 4.74 Å². The topological polar surface area (TPSA) is 80.5 Å². The molecule has 5 rings (SSSR count). The molecule has 1 amide bonds. The molecule has 0 atom stereocenters. The molecule has 0 fully saturated rings. The van der Waals surface area contributed by atoms with Gasteiger partial charge in [-0.3, -0.25) is 4.79 Å². The number of aromatic nitrogens is 3. The average Bonchev–Trinajstić information content (AvgIpc) is 3.31. The van der Waals surface area contributed by atoms with Gasteiger partial charge >= 0.3 is 0 Å². The van der Waals surface area contributed by atoms with Crippen molar-refractivity contribution in [1.29, 1.82) is 0 Å². The Balaban J connectivity index is 1.31. The van der Waals surface area contributed by atoms with E-state index in [0.29, 0.717) is 18.1 Å². The first-order valence-corrected chi connectivity index (χ1v) is 10.9. The van der Waals surface area contributed by atoms with Gasteiger partial charge in [0.2, 0.25) is 5.95 Å². The lowest BCUT2D eigenvalue weighted by Crippen LogP contribution is -2.22. The van der Waals surface area contributed by atoms with Gasteiger partial charge in [0.15, 0.2) is 5.65 Å². The zero-order valence-corrected chi connectivity index (χ0v) is 18.6. The molecule has 0 unspecified atom stereocenters. The molecule has 0 aliphatic heterocycles. The third-order valence-electron chi connectivity index (χ3n) is 5.44. The van der Waals surface area contributed by atoms with E-state index in [2.05, 4.69) is 20.7 Å². The maximum atomic E-state index is 12.6. The Labute approximate surface area is 197 Å². The molecule has 168 valence electrons. The van der Waals surface area contributed by atoms with Gasteiger partial charge in [-0.25, -0.2) is 4.52 Å². The van der Waals surface area contributed by atoms with Crippen LogP contribution in [0.2, 0.25) is 0 Å². The number of rotatable bonds is 7. The zero-order valence-electron chi connectivity index (χ0n) is 18.6. The number of pyridine rings is 1. The number of nitrogens with zero attached hydrogens (tertiary/aromatic N) is 3. The quantitative estimate of drug-likeness (QED) is 0.362. The van der Waals surface area contributed by atoms with Gasteiger partial charge in [-0.15, -0.1) is 5.10 Å². The van der Waals surface area contributed by atoms with Crippen LogP contribution in [0.1, 0.15) is 15.9 Å². The van der Waals surface area contributed by atoms with Crippen LogP contribution in [0.4, 0.5) is 11.6 Å². The number of carbonyl (C=O) groups is 1. The van der Waals surface area contributed by atoms with Crippen molar-refractivity contribution >= 4 is 23.2 Å². The Morgan fingerprint density at radius 1 is 0.882 bits per heavy atom. The van der Waals surface area contributed by atoms with Crippen molar-refractivity contribution in [3.8, 4) is 17.0 Å². The summed E-state index contributed by atoms with van der Waals surface area (Å²) < 4.78 is 6.96. The van der Waals surface area contributed by atoms with E-state index >= 15 is 0 Å². The number of anilines is 2. The Hall–Kier alpha value is -4.65. The highest BCUT2D eigenvalue weighted by molar-refractivity contribution is 5.94. The van der Waals surface area contributed by atoms with E-state index in [0.717, 1.165) is 33.9 Å². The Morgan fingerprint density at radius 3 is 2.38 bits per heavy atom. The van der Waals surface area contributed by atoms with Crippen LogP contribution in [0, 0.1) is 0 Å². The summed E-state index contributed by atoms with van der Waals surface area (Å²) in [6.45, 7) is 0.444. The van der Waals surface area contributed by atoms with E-state index < -0.39 is 0 Å². The molecule has 3 aromatic carbocycles. The van der Waals surface area contributed by atoms with Gasteiger partial charge < -0.3 is 15.4 Å². The standard InChI is InChI=1S/C27H23N5O2/c1-34-23-16-10-19(11-17-23)18-28-26(33)21-14-12-20(13-15-21)24-8-5-9-25-30-27(31-32(24)25)29-22-6-3-2-4-7-22/h2-17H,18H2,1H3,(H,28,33)(H,29,31). The second kappa shape index (κ2) is 9.46. The fourth-order valence-electron chi connectivity index (χ4n) is 3.65. The highest BCUT2D eigenvalue weighted by Gasteiger charge is 2.11. The van der Waals surface area contributed by atoms with Crippen molar-refractivity contribution < 1.29 is 9.53 Å². The van der Waals surface area contributed by atoms with E-state index in [-0.39, 0.29) is 5.91 Å². The van der Waals surface area contributed by atoms with Crippen molar-refractivity contribution in [2.24, 2.45) is 0 Å². The van der Waals surface area contributed by atoms with Crippen LogP contribution in [0.15, 0.2) is 97.1 Å². The highest BCUT2D eigenvalue weighted by Crippen LogP contribution is 2.22. The van der Waals surface area contributed by atoms with Crippen LogP contribution in [0.5, 0.6) is 5.75 Å². The summed E-state index contributed by atoms with van der Waals surface area (Å²) in [5, 5.41) is 10.8. The number of nitrogens with one attached hydrogen (secondary N) is 2. The van der Waals surface area contributed by atoms with Gasteiger partial charge in [0.05, 0.1) is 12.8 Å². The number of carbonyl (C=O) groups excluding carboxylic acids is 1. The van der Waals surface area contributed by atoms with Crippen LogP contribution in [-0.4, -0.2) is 27.6 Å². The minimum Gasteiger partial charge on any atom is -0.497 e. The summed E-state index contributed by atoms with van der Waals surface area (Å²) in [4.78, 5) is 17.2. The second-order valence-electron chi connectivity index (χ2n) is 7.72. The van der Waals surface area contributed by atoms with Gasteiger partial charge in [-0.2, -0.15) is 4.98 Å². The summed E-state index contributed by atoms with van der Waals surface area (Å²) in [6, 6.07) is 30.7. The molecule has 0 saturated carbocycles. The molecule has 0 radical (unpaired) electrons. The van der Waals surface area contributed by atoms with Crippen LogP contribution >= 0.6 is 0 Å². The summed E-state index contributed by atoms with van der Waals surface area (Å²) in [5.41, 5.74) is 5.07. The third-order valence-corrected chi connectivity index (χ3v) is 5.44. The van der Waals surface area contributed by atoms with Crippen molar-refractivity contribution in [3.05, 3.63) is 108 Å². The van der Waals surface area contributed by atoms with Crippen molar-refractivity contribution in [2.75, 3.05) is 12.4 Å². The third kappa shape index (κ3) is 4.59. The molecule has 0 saturated heterocycles. The van der Waals surface area contributed by atoms with E-state index in [1.165, 1.54) is 0 Å². The lowest BCUT2D eigenvalue weighted by molar-refractivity contribution is 0.0951. The smallest absolute Gasteiger partial charge is 0.251 e. The normalized spacial score (nSPS) is 10.7. The first kappa shape index (κ1) is 21.2. The van der Waals surface area contributed by atoms with E-state index in [9.17, 15) is 4.79 Å². The molecule has 0 spiro atoms. The largest absolute Gasteiger partial charge is 0.497 e. The van der Waals surface area contributed by atoms with Crippen LogP contribution in [-0.2, 0) is 6.54 Å². The molecule has 2 aromatic heterocycles. The molecule has 0 aliphatic carbocycles. The number of fused-ring (bicyclic) bond motifs is 1. The van der Waals surface area contributed by atoms with Crippen molar-refractivity contribution in [3.63, 3.8) is 0 Å². The number of hydrogen-bond donors (Lipinski definition) is 2. The number of hydrogen-bond acceptors (Lipinski definition) is 5. The lowest BCUT2D eigenvalue weighted by Gasteiger charge is -2.08. The molecule has 5 aromatic rings. The van der Waals surface area contributed by atoms with Gasteiger partial charge in [-0.05, 0) is 54.1 Å². The first-order chi connectivity index (χ1) is 16.7. The monoisotopic (exact) mass is 449 g/mol. The predicted molar refractivity (Wildman–Crippen MR) is 132 cm³/mol. The Bertz CT molecular complexity index is 1410. The Kier molecular flexibility index (Phi) is 5.90. The van der Waals surface area contributed by atoms with Crippen LogP contribution in [0.25, 0.3) is 16.9 Å². The number of methoxy groups -OCH3 is 1. The number of ether oxygens (including phenoxy) is 1. The second-order valence-corrected chi connectivity index (χ2v) is 7.72. The fourth-order valence-corrected chi connectivity index (χ4v) is 3.65. The minimum atomic E-state index is -0.129. The zero-order chi connectivity index (χ0) is 23.3. The summed E-state index contributed by atoms with van der Waals surface area (Å²) in [7, 11) is 1.63. The maximum Gasteiger partial charge on any atom is 0.251 e. The minimum absolute atomic E-state index is 0.129. The molecular formula is C27H23N5O2. The van der Waals surface area contributed by atoms with Crippen LogP contribution < -0.4 is 15.4 Å². The van der Waals surface area contributed by atoms with E-state index in [1.807, 2.05) is 97.1 Å². The number of para-hydroxylation sites is 1. The Morgan fingerprint density at radius 2 is 1.65 bits per heavy atom. The van der Waals surface area contributed by atoms with E-state index in [1.54, 1.807) is 11.6 Å². The van der Waals surface area contributed by atoms with Crippen molar-refractivity contribution in [2.45, 2.75) is 6.54 Å². The van der Waals surface area contributed by atoms with Gasteiger partial charge in [0.25, 0.3) is 5.91 Å². The predicted octanol–water partition coefficient (Wildman–Crippen LogP) is 5.08. The fraction of sp³-hybridized carbons (Fsp3) is 0.0741. The maximum absolute atomic E-state index is 12.6. The molecule has 34 heavy (non-hydrogen) atoms. The number of benzene rings is 3. The molecular weight excluding hydrogens is 426 g/mol. The molecule has 7 heteroatoms. The summed E-state index contributed by atoms with van der Waals surface area (Å²) in [5.74, 6) is 1.18. The van der Waals surface area contributed by atoms with Gasteiger partial charge in [0, 0.05) is 23.4 Å². The lowest BCUT2D eigenvalue weighted by atomic mass is 10.1. The first-order valence-electron chi connectivity index (χ1n) is 10.9. The molecule has 2 heterocycles.